The molecule has 1 aliphatic rings. The topological polar surface area (TPSA) is 87.7 Å². The molecule has 0 unspecified atom stereocenters. The molecule has 156 valence electrons. The number of rotatable bonds is 8. The molecular weight excluding hydrogens is 390 g/mol. The van der Waals surface area contributed by atoms with E-state index in [1.165, 1.54) is 4.31 Å². The van der Waals surface area contributed by atoms with E-state index in [0.717, 1.165) is 19.3 Å². The molecule has 1 saturated heterocycles. The second-order valence-electron chi connectivity index (χ2n) is 6.82. The van der Waals surface area contributed by atoms with Crippen molar-refractivity contribution in [3.8, 4) is 5.75 Å². The summed E-state index contributed by atoms with van der Waals surface area (Å²) in [4.78, 5) is 12.4. The van der Waals surface area contributed by atoms with Crippen molar-refractivity contribution in [2.24, 2.45) is 0 Å². The number of piperidine rings is 1. The highest BCUT2D eigenvalue weighted by Crippen LogP contribution is 2.30. The molecule has 8 heteroatoms. The zero-order chi connectivity index (χ0) is 20.7. The molecular formula is C21H27N3O4S. The number of benzene rings is 2. The number of amides is 1. The van der Waals surface area contributed by atoms with Crippen molar-refractivity contribution in [1.29, 1.82) is 0 Å². The van der Waals surface area contributed by atoms with Gasteiger partial charge in [-0.3, -0.25) is 4.79 Å². The number of carbonyl (C=O) groups excluding carboxylic acids is 1. The van der Waals surface area contributed by atoms with Crippen LogP contribution in [-0.4, -0.2) is 44.9 Å². The summed E-state index contributed by atoms with van der Waals surface area (Å²) in [5.74, 6) is 0.278. The van der Waals surface area contributed by atoms with Crippen molar-refractivity contribution in [2.45, 2.75) is 31.1 Å². The molecule has 0 bridgehead atoms. The smallest absolute Gasteiger partial charge is 0.243 e. The van der Waals surface area contributed by atoms with Crippen LogP contribution in [0.1, 0.15) is 26.2 Å². The van der Waals surface area contributed by atoms with Crippen LogP contribution in [-0.2, 0) is 14.8 Å². The van der Waals surface area contributed by atoms with E-state index in [1.807, 2.05) is 25.1 Å². The number of anilines is 2. The molecule has 0 aliphatic carbocycles. The molecule has 1 heterocycles. The summed E-state index contributed by atoms with van der Waals surface area (Å²) < 4.78 is 33.1. The van der Waals surface area contributed by atoms with Gasteiger partial charge in [0.2, 0.25) is 15.9 Å². The molecule has 1 fully saturated rings. The fourth-order valence-electron chi connectivity index (χ4n) is 3.25. The van der Waals surface area contributed by atoms with Crippen LogP contribution in [0.25, 0.3) is 0 Å². The van der Waals surface area contributed by atoms with Gasteiger partial charge in [0.1, 0.15) is 5.75 Å². The van der Waals surface area contributed by atoms with E-state index in [2.05, 4.69) is 10.6 Å². The van der Waals surface area contributed by atoms with Gasteiger partial charge < -0.3 is 15.4 Å². The second-order valence-corrected chi connectivity index (χ2v) is 8.76. The predicted octanol–water partition coefficient (Wildman–Crippen LogP) is 3.31. The zero-order valence-electron chi connectivity index (χ0n) is 16.6. The first kappa shape index (κ1) is 21.1. The van der Waals surface area contributed by atoms with Gasteiger partial charge in [0.15, 0.2) is 0 Å². The van der Waals surface area contributed by atoms with Gasteiger partial charge in [-0.25, -0.2) is 8.42 Å². The second kappa shape index (κ2) is 9.76. The van der Waals surface area contributed by atoms with Crippen LogP contribution in [0.15, 0.2) is 53.4 Å². The molecule has 7 nitrogen and oxygen atoms in total. The molecule has 3 rings (SSSR count). The highest BCUT2D eigenvalue weighted by atomic mass is 32.2. The number of hydrogen-bond donors (Lipinski definition) is 2. The van der Waals surface area contributed by atoms with E-state index in [9.17, 15) is 13.2 Å². The minimum Gasteiger partial charge on any atom is -0.492 e. The molecule has 2 N–H and O–H groups in total. The van der Waals surface area contributed by atoms with E-state index in [1.54, 1.807) is 30.3 Å². The third kappa shape index (κ3) is 5.48. The lowest BCUT2D eigenvalue weighted by Crippen LogP contribution is -2.35. The lowest BCUT2D eigenvalue weighted by atomic mass is 10.2. The third-order valence-corrected chi connectivity index (χ3v) is 6.60. The number of sulfonamides is 1. The van der Waals surface area contributed by atoms with Crippen LogP contribution in [0.3, 0.4) is 0 Å². The van der Waals surface area contributed by atoms with Gasteiger partial charge in [0.25, 0.3) is 0 Å². The SMILES string of the molecule is CCOc1ccc(S(=O)(=O)N2CCCCC2)cc1NCC(=O)Nc1ccccc1. The van der Waals surface area contributed by atoms with Crippen LogP contribution in [0.4, 0.5) is 11.4 Å². The maximum atomic E-state index is 13.0. The summed E-state index contributed by atoms with van der Waals surface area (Å²) in [5, 5.41) is 5.80. The number of hydrogen-bond acceptors (Lipinski definition) is 5. The van der Waals surface area contributed by atoms with E-state index < -0.39 is 10.0 Å². The Morgan fingerprint density at radius 3 is 2.48 bits per heavy atom. The molecule has 0 atom stereocenters. The van der Waals surface area contributed by atoms with E-state index in [0.29, 0.717) is 36.8 Å². The molecule has 2 aromatic rings. The lowest BCUT2D eigenvalue weighted by Gasteiger charge is -2.26. The fraction of sp³-hybridized carbons (Fsp3) is 0.381. The molecule has 0 aromatic heterocycles. The summed E-state index contributed by atoms with van der Waals surface area (Å²) in [5.41, 5.74) is 1.18. The monoisotopic (exact) mass is 417 g/mol. The molecule has 0 saturated carbocycles. The Morgan fingerprint density at radius 1 is 1.07 bits per heavy atom. The predicted molar refractivity (Wildman–Crippen MR) is 114 cm³/mol. The first-order valence-electron chi connectivity index (χ1n) is 9.86. The molecule has 2 aromatic carbocycles. The first-order chi connectivity index (χ1) is 14.0. The Kier molecular flexibility index (Phi) is 7.11. The Labute approximate surface area is 172 Å². The summed E-state index contributed by atoms with van der Waals surface area (Å²) >= 11 is 0. The maximum absolute atomic E-state index is 13.0. The zero-order valence-corrected chi connectivity index (χ0v) is 17.4. The van der Waals surface area contributed by atoms with Crippen LogP contribution < -0.4 is 15.4 Å². The van der Waals surface area contributed by atoms with E-state index in [-0.39, 0.29) is 17.3 Å². The minimum absolute atomic E-state index is 0.0117. The first-order valence-corrected chi connectivity index (χ1v) is 11.3. The van der Waals surface area contributed by atoms with Crippen LogP contribution in [0.5, 0.6) is 5.75 Å². The summed E-state index contributed by atoms with van der Waals surface area (Å²) in [6.45, 7) is 3.35. The van der Waals surface area contributed by atoms with E-state index in [4.69, 9.17) is 4.74 Å². The van der Waals surface area contributed by atoms with Crippen molar-refractivity contribution in [2.75, 3.05) is 36.9 Å². The molecule has 0 spiro atoms. The summed E-state index contributed by atoms with van der Waals surface area (Å²) in [7, 11) is -3.57. The number of para-hydroxylation sites is 1. The fourth-order valence-corrected chi connectivity index (χ4v) is 4.79. The van der Waals surface area contributed by atoms with Gasteiger partial charge in [-0.05, 0) is 50.1 Å². The normalized spacial score (nSPS) is 14.9. The Morgan fingerprint density at radius 2 is 1.79 bits per heavy atom. The average Bonchev–Trinajstić information content (AvgIpc) is 2.74. The van der Waals surface area contributed by atoms with Crippen LogP contribution in [0, 0.1) is 0 Å². The minimum atomic E-state index is -3.57. The molecule has 0 radical (unpaired) electrons. The van der Waals surface area contributed by atoms with Crippen molar-refractivity contribution in [3.63, 3.8) is 0 Å². The summed E-state index contributed by atoms with van der Waals surface area (Å²) in [6, 6.07) is 13.9. The van der Waals surface area contributed by atoms with Crippen molar-refractivity contribution >= 4 is 27.3 Å². The number of nitrogens with one attached hydrogen (secondary N) is 2. The molecule has 1 aliphatic heterocycles. The molecule has 29 heavy (non-hydrogen) atoms. The van der Waals surface area contributed by atoms with Gasteiger partial charge in [0.05, 0.1) is 23.7 Å². The van der Waals surface area contributed by atoms with Gasteiger partial charge >= 0.3 is 0 Å². The average molecular weight is 418 g/mol. The Bertz CT molecular complexity index is 926. The van der Waals surface area contributed by atoms with Crippen LogP contribution in [0.2, 0.25) is 0 Å². The number of carbonyl (C=O) groups is 1. The Balaban J connectivity index is 1.75. The largest absolute Gasteiger partial charge is 0.492 e. The van der Waals surface area contributed by atoms with Gasteiger partial charge in [-0.1, -0.05) is 24.6 Å². The lowest BCUT2D eigenvalue weighted by molar-refractivity contribution is -0.114. The van der Waals surface area contributed by atoms with Gasteiger partial charge in [0, 0.05) is 18.8 Å². The third-order valence-electron chi connectivity index (χ3n) is 4.70. The number of nitrogens with zero attached hydrogens (tertiary/aromatic N) is 1. The highest BCUT2D eigenvalue weighted by Gasteiger charge is 2.26. The quantitative estimate of drug-likeness (QED) is 0.688. The van der Waals surface area contributed by atoms with Gasteiger partial charge in [-0.2, -0.15) is 4.31 Å². The molecule has 1 amide bonds. The Hall–Kier alpha value is -2.58. The summed E-state index contributed by atoms with van der Waals surface area (Å²) in [6.07, 6.45) is 2.81. The van der Waals surface area contributed by atoms with Crippen molar-refractivity contribution in [1.82, 2.24) is 4.31 Å². The number of ether oxygens (including phenoxy) is 1. The standard InChI is InChI=1S/C21H27N3O4S/c1-2-28-20-12-11-18(29(26,27)24-13-7-4-8-14-24)15-19(20)22-16-21(25)23-17-9-5-3-6-10-17/h3,5-6,9-12,15,22H,2,4,7-8,13-14,16H2,1H3,(H,23,25). The van der Waals surface area contributed by atoms with Crippen molar-refractivity contribution < 1.29 is 17.9 Å². The van der Waals surface area contributed by atoms with Crippen LogP contribution >= 0.6 is 0 Å². The maximum Gasteiger partial charge on any atom is 0.243 e. The van der Waals surface area contributed by atoms with Crippen molar-refractivity contribution in [3.05, 3.63) is 48.5 Å². The van der Waals surface area contributed by atoms with Gasteiger partial charge in [-0.15, -0.1) is 0 Å². The van der Waals surface area contributed by atoms with E-state index >= 15 is 0 Å². The highest BCUT2D eigenvalue weighted by molar-refractivity contribution is 7.89.